The van der Waals surface area contributed by atoms with Crippen molar-refractivity contribution in [2.24, 2.45) is 12.5 Å². The highest BCUT2D eigenvalue weighted by atomic mass is 32.2. The first kappa shape index (κ1) is 42.1. The van der Waals surface area contributed by atoms with E-state index in [1.807, 2.05) is 4.72 Å². The van der Waals surface area contributed by atoms with Crippen molar-refractivity contribution in [3.05, 3.63) is 116 Å². The molecule has 3 aromatic carbocycles. The molecule has 0 fully saturated rings. The van der Waals surface area contributed by atoms with Gasteiger partial charge in [-0.2, -0.15) is 0 Å². The van der Waals surface area contributed by atoms with E-state index in [1.165, 1.54) is 48.0 Å². The molecule has 4 N–H and O–H groups in total. The standard InChI is InChI=1S/C38H43F2N5O9S/c1-21(2)54-35(49)31(17-10-23-8-13-25(14-9-23)45-34(48)28(20-46)22(3)44(7)37(45)51)42-33(47)27-18-30(40)32(19-29(27)39)43-55(52,53)26-15-11-24(12-16-26)41-36(50)38(4,5)6/h8-9,11-16,18-19,21,31,43,46H,10,17,20H2,1-7H3,(H,41,50)(H,42,47)/t31-/m0/s1. The molecule has 0 radical (unpaired) electrons. The van der Waals surface area contributed by atoms with E-state index in [9.17, 15) is 37.5 Å². The molecule has 1 aromatic heterocycles. The number of nitrogens with one attached hydrogen (secondary N) is 3. The number of esters is 1. The van der Waals surface area contributed by atoms with E-state index in [4.69, 9.17) is 4.74 Å². The Hall–Kier alpha value is -5.68. The second-order valence-electron chi connectivity index (χ2n) is 14.1. The van der Waals surface area contributed by atoms with Crippen molar-refractivity contribution in [2.45, 2.75) is 78.0 Å². The van der Waals surface area contributed by atoms with Gasteiger partial charge < -0.3 is 25.0 Å². The van der Waals surface area contributed by atoms with Crippen molar-refractivity contribution in [1.82, 2.24) is 14.5 Å². The molecule has 1 heterocycles. The number of aliphatic hydroxyl groups excluding tert-OH is 1. The van der Waals surface area contributed by atoms with Crippen LogP contribution in [0.3, 0.4) is 0 Å². The van der Waals surface area contributed by atoms with E-state index < -0.39 is 80.2 Å². The zero-order chi connectivity index (χ0) is 41.0. The third-order valence-corrected chi connectivity index (χ3v) is 9.93. The normalized spacial score (nSPS) is 12.3. The molecule has 4 rings (SSSR count). The maximum atomic E-state index is 15.3. The van der Waals surface area contributed by atoms with Gasteiger partial charge in [0.25, 0.3) is 21.5 Å². The number of anilines is 2. The van der Waals surface area contributed by atoms with Crippen molar-refractivity contribution in [2.75, 3.05) is 10.0 Å². The summed E-state index contributed by atoms with van der Waals surface area (Å²) >= 11 is 0. The average Bonchev–Trinajstić information content (AvgIpc) is 3.10. The van der Waals surface area contributed by atoms with Gasteiger partial charge in [0, 0.05) is 29.9 Å². The predicted molar refractivity (Wildman–Crippen MR) is 200 cm³/mol. The molecule has 55 heavy (non-hydrogen) atoms. The Morgan fingerprint density at radius 1 is 0.945 bits per heavy atom. The minimum atomic E-state index is -4.44. The largest absolute Gasteiger partial charge is 0.461 e. The van der Waals surface area contributed by atoms with Crippen molar-refractivity contribution in [3.8, 4) is 5.69 Å². The minimum Gasteiger partial charge on any atom is -0.461 e. The molecular weight excluding hydrogens is 741 g/mol. The van der Waals surface area contributed by atoms with Gasteiger partial charge in [0.2, 0.25) is 5.91 Å². The topological polar surface area (TPSA) is 195 Å². The van der Waals surface area contributed by atoms with Crippen LogP contribution in [0.5, 0.6) is 0 Å². The molecule has 1 atom stereocenters. The molecule has 294 valence electrons. The van der Waals surface area contributed by atoms with Crippen molar-refractivity contribution in [1.29, 1.82) is 0 Å². The summed E-state index contributed by atoms with van der Waals surface area (Å²) in [5, 5.41) is 14.7. The van der Waals surface area contributed by atoms with Crippen LogP contribution in [0.15, 0.2) is 75.1 Å². The summed E-state index contributed by atoms with van der Waals surface area (Å²) in [6.45, 7) is 9.27. The lowest BCUT2D eigenvalue weighted by Crippen LogP contribution is -2.43. The Morgan fingerprint density at radius 2 is 1.56 bits per heavy atom. The summed E-state index contributed by atoms with van der Waals surface area (Å²) < 4.78 is 65.9. The first-order valence-corrected chi connectivity index (χ1v) is 18.6. The Morgan fingerprint density at radius 3 is 2.13 bits per heavy atom. The number of nitrogens with zero attached hydrogens (tertiary/aromatic N) is 2. The lowest BCUT2D eigenvalue weighted by Gasteiger charge is -2.20. The number of aromatic nitrogens is 2. The Labute approximate surface area is 316 Å². The molecule has 4 aromatic rings. The number of ether oxygens (including phenoxy) is 1. The van der Waals surface area contributed by atoms with Gasteiger partial charge in [-0.3, -0.25) is 19.1 Å². The number of carbonyl (C=O) groups excluding carboxylic acids is 3. The highest BCUT2D eigenvalue weighted by Crippen LogP contribution is 2.25. The maximum Gasteiger partial charge on any atom is 0.335 e. The molecule has 0 aliphatic rings. The number of carbonyl (C=O) groups is 3. The van der Waals surface area contributed by atoms with Crippen LogP contribution in [0.4, 0.5) is 20.2 Å². The molecule has 2 amide bonds. The lowest BCUT2D eigenvalue weighted by molar-refractivity contribution is -0.149. The van der Waals surface area contributed by atoms with Gasteiger partial charge in [0.05, 0.1) is 40.1 Å². The lowest BCUT2D eigenvalue weighted by atomic mass is 9.95. The highest BCUT2D eigenvalue weighted by molar-refractivity contribution is 7.92. The van der Waals surface area contributed by atoms with Gasteiger partial charge in [0.1, 0.15) is 17.7 Å². The fraction of sp³-hybridized carbons (Fsp3) is 0.342. The molecule has 0 aliphatic carbocycles. The van der Waals surface area contributed by atoms with Crippen molar-refractivity contribution < 1.29 is 41.4 Å². The summed E-state index contributed by atoms with van der Waals surface area (Å²) in [7, 11) is -2.97. The van der Waals surface area contributed by atoms with Gasteiger partial charge in [-0.05, 0) is 81.6 Å². The van der Waals surface area contributed by atoms with Crippen molar-refractivity contribution in [3.63, 3.8) is 0 Å². The minimum absolute atomic E-state index is 0.0573. The number of hydrogen-bond acceptors (Lipinski definition) is 9. The van der Waals surface area contributed by atoms with Crippen molar-refractivity contribution >= 4 is 39.2 Å². The number of amides is 2. The molecule has 0 spiro atoms. The van der Waals surface area contributed by atoms with E-state index in [0.29, 0.717) is 29.1 Å². The van der Waals surface area contributed by atoms with E-state index in [0.717, 1.165) is 4.57 Å². The number of halogens is 2. The van der Waals surface area contributed by atoms with E-state index in [1.54, 1.807) is 53.7 Å². The molecule has 0 unspecified atom stereocenters. The Balaban J connectivity index is 1.50. The Bertz CT molecular complexity index is 2330. The van der Waals surface area contributed by atoms with E-state index in [-0.39, 0.29) is 34.9 Å². The average molecular weight is 784 g/mol. The second kappa shape index (κ2) is 16.8. The predicted octanol–water partition coefficient (Wildman–Crippen LogP) is 4.08. The summed E-state index contributed by atoms with van der Waals surface area (Å²) in [5.74, 6) is -4.89. The van der Waals surface area contributed by atoms with Crippen LogP contribution >= 0.6 is 0 Å². The third-order valence-electron chi connectivity index (χ3n) is 8.54. The summed E-state index contributed by atoms with van der Waals surface area (Å²) in [5.41, 5.74) is -2.00. The third kappa shape index (κ3) is 9.90. The fourth-order valence-corrected chi connectivity index (χ4v) is 6.30. The van der Waals surface area contributed by atoms with Crippen LogP contribution in [0.25, 0.3) is 5.69 Å². The van der Waals surface area contributed by atoms with Crippen LogP contribution in [0.1, 0.15) is 68.2 Å². The molecule has 0 saturated carbocycles. The monoisotopic (exact) mass is 783 g/mol. The SMILES string of the molecule is Cc1c(CO)c(=O)n(-c2ccc(CC[C@H](NC(=O)c3cc(F)c(NS(=O)(=O)c4ccc(NC(=O)C(C)(C)C)cc4)cc3F)C(=O)OC(C)C)cc2)c(=O)n1C. The number of hydrogen-bond donors (Lipinski definition) is 4. The molecule has 0 aliphatic heterocycles. The van der Waals surface area contributed by atoms with Gasteiger partial charge in [-0.1, -0.05) is 32.9 Å². The number of aliphatic hydroxyl groups is 1. The molecule has 14 nitrogen and oxygen atoms in total. The summed E-state index contributed by atoms with van der Waals surface area (Å²) in [6, 6.07) is 10.9. The summed E-state index contributed by atoms with van der Waals surface area (Å²) in [6.07, 6.45) is -0.480. The fourth-order valence-electron chi connectivity index (χ4n) is 5.24. The first-order chi connectivity index (χ1) is 25.6. The van der Waals surface area contributed by atoms with Gasteiger partial charge in [0.15, 0.2) is 0 Å². The number of sulfonamides is 1. The highest BCUT2D eigenvalue weighted by Gasteiger charge is 2.27. The number of benzene rings is 3. The maximum absolute atomic E-state index is 15.3. The Kier molecular flexibility index (Phi) is 12.8. The molecule has 0 saturated heterocycles. The molecular formula is C38H43F2N5O9S. The summed E-state index contributed by atoms with van der Waals surface area (Å²) in [4.78, 5) is 63.9. The van der Waals surface area contributed by atoms with Gasteiger partial charge in [-0.25, -0.2) is 31.4 Å². The van der Waals surface area contributed by atoms with Gasteiger partial charge >= 0.3 is 11.7 Å². The van der Waals surface area contributed by atoms with Crippen LogP contribution < -0.4 is 26.6 Å². The number of aryl methyl sites for hydroxylation is 1. The van der Waals surface area contributed by atoms with Crippen LogP contribution in [0.2, 0.25) is 0 Å². The van der Waals surface area contributed by atoms with E-state index in [2.05, 4.69) is 10.6 Å². The van der Waals surface area contributed by atoms with Crippen LogP contribution in [0, 0.1) is 24.0 Å². The van der Waals surface area contributed by atoms with Crippen LogP contribution in [-0.4, -0.2) is 52.6 Å². The second-order valence-corrected chi connectivity index (χ2v) is 15.7. The molecule has 0 bridgehead atoms. The zero-order valence-electron chi connectivity index (χ0n) is 31.3. The van der Waals surface area contributed by atoms with E-state index >= 15 is 8.78 Å². The zero-order valence-corrected chi connectivity index (χ0v) is 32.1. The van der Waals surface area contributed by atoms with Gasteiger partial charge in [-0.15, -0.1) is 0 Å². The first-order valence-electron chi connectivity index (χ1n) is 17.1. The van der Waals surface area contributed by atoms with Crippen LogP contribution in [-0.2, 0) is 44.4 Å². The molecule has 17 heteroatoms. The number of rotatable bonds is 13. The quantitative estimate of drug-likeness (QED) is 0.145. The smallest absolute Gasteiger partial charge is 0.335 e.